The van der Waals surface area contributed by atoms with Gasteiger partial charge in [0.05, 0.1) is 11.1 Å². The zero-order valence-corrected chi connectivity index (χ0v) is 11.5. The molecule has 0 bridgehead atoms. The van der Waals surface area contributed by atoms with Crippen molar-refractivity contribution in [3.63, 3.8) is 0 Å². The molecular weight excluding hydrogens is 254 g/mol. The Labute approximate surface area is 118 Å². The second-order valence-electron chi connectivity index (χ2n) is 5.43. The number of rotatable bonds is 4. The summed E-state index contributed by atoms with van der Waals surface area (Å²) in [5.41, 5.74) is 7.01. The van der Waals surface area contributed by atoms with Gasteiger partial charge < -0.3 is 10.6 Å². The van der Waals surface area contributed by atoms with Gasteiger partial charge in [-0.3, -0.25) is 14.5 Å². The highest BCUT2D eigenvalue weighted by Gasteiger charge is 2.36. The number of imide groups is 1. The molecule has 0 aromatic heterocycles. The number of nitrogens with two attached hydrogens (primary N) is 1. The third-order valence-corrected chi connectivity index (χ3v) is 4.09. The summed E-state index contributed by atoms with van der Waals surface area (Å²) in [6, 6.07) is 5.05. The summed E-state index contributed by atoms with van der Waals surface area (Å²) in [5.74, 6) is -0.455. The third kappa shape index (κ3) is 2.18. The first-order chi connectivity index (χ1) is 9.68. The standard InChI is InChI=1S/C15H19N3O2/c16-12-6-3-5-11-13(12)15(20)18(14(11)19)10-4-9-17-7-1-2-8-17/h3,5-6H,1-2,4,7-10,16H2. The van der Waals surface area contributed by atoms with Crippen LogP contribution in [0.1, 0.15) is 40.0 Å². The third-order valence-electron chi connectivity index (χ3n) is 4.09. The van der Waals surface area contributed by atoms with E-state index in [2.05, 4.69) is 4.90 Å². The molecule has 0 saturated carbocycles. The first kappa shape index (κ1) is 13.1. The molecule has 2 aliphatic rings. The lowest BCUT2D eigenvalue weighted by Gasteiger charge is -2.17. The number of hydrogen-bond acceptors (Lipinski definition) is 4. The van der Waals surface area contributed by atoms with Crippen LogP contribution < -0.4 is 5.73 Å². The molecule has 0 aliphatic carbocycles. The van der Waals surface area contributed by atoms with Crippen LogP contribution in [-0.4, -0.2) is 47.8 Å². The fourth-order valence-corrected chi connectivity index (χ4v) is 3.02. The number of carbonyl (C=O) groups is 2. The molecule has 2 amide bonds. The van der Waals surface area contributed by atoms with Crippen LogP contribution in [0.5, 0.6) is 0 Å². The Morgan fingerprint density at radius 2 is 1.80 bits per heavy atom. The van der Waals surface area contributed by atoms with Crippen molar-refractivity contribution in [2.45, 2.75) is 19.3 Å². The lowest BCUT2D eigenvalue weighted by Crippen LogP contribution is -2.33. The predicted molar refractivity (Wildman–Crippen MR) is 76.5 cm³/mol. The summed E-state index contributed by atoms with van der Waals surface area (Å²) in [6.07, 6.45) is 3.33. The summed E-state index contributed by atoms with van der Waals surface area (Å²) in [7, 11) is 0. The number of nitrogen functional groups attached to an aromatic ring is 1. The van der Waals surface area contributed by atoms with Gasteiger partial charge in [-0.2, -0.15) is 0 Å². The first-order valence-corrected chi connectivity index (χ1v) is 7.15. The van der Waals surface area contributed by atoms with E-state index in [-0.39, 0.29) is 11.8 Å². The number of hydrogen-bond donors (Lipinski definition) is 1. The molecule has 1 aromatic rings. The highest BCUT2D eigenvalue weighted by molar-refractivity contribution is 6.23. The van der Waals surface area contributed by atoms with Gasteiger partial charge in [0, 0.05) is 12.2 Å². The Morgan fingerprint density at radius 3 is 2.50 bits per heavy atom. The van der Waals surface area contributed by atoms with Crippen LogP contribution >= 0.6 is 0 Å². The van der Waals surface area contributed by atoms with E-state index in [1.54, 1.807) is 18.2 Å². The number of benzene rings is 1. The van der Waals surface area contributed by atoms with Crippen molar-refractivity contribution in [2.24, 2.45) is 0 Å². The molecule has 5 nitrogen and oxygen atoms in total. The van der Waals surface area contributed by atoms with E-state index in [4.69, 9.17) is 5.73 Å². The maximum atomic E-state index is 12.3. The van der Waals surface area contributed by atoms with Gasteiger partial charge in [-0.25, -0.2) is 0 Å². The van der Waals surface area contributed by atoms with Crippen molar-refractivity contribution < 1.29 is 9.59 Å². The van der Waals surface area contributed by atoms with Crippen molar-refractivity contribution in [3.8, 4) is 0 Å². The van der Waals surface area contributed by atoms with Crippen LogP contribution in [0.4, 0.5) is 5.69 Å². The monoisotopic (exact) mass is 273 g/mol. The summed E-state index contributed by atoms with van der Waals surface area (Å²) in [5, 5.41) is 0. The van der Waals surface area contributed by atoms with Gasteiger partial charge in [0.25, 0.3) is 11.8 Å². The molecule has 0 unspecified atom stereocenters. The van der Waals surface area contributed by atoms with Crippen LogP contribution in [0, 0.1) is 0 Å². The molecule has 106 valence electrons. The van der Waals surface area contributed by atoms with E-state index >= 15 is 0 Å². The predicted octanol–water partition coefficient (Wildman–Crippen LogP) is 1.35. The van der Waals surface area contributed by atoms with Gasteiger partial charge >= 0.3 is 0 Å². The fraction of sp³-hybridized carbons (Fsp3) is 0.467. The topological polar surface area (TPSA) is 66.6 Å². The SMILES string of the molecule is Nc1cccc2c1C(=O)N(CCCN1CCCC1)C2=O. The Morgan fingerprint density at radius 1 is 1.05 bits per heavy atom. The number of fused-ring (bicyclic) bond motifs is 1. The highest BCUT2D eigenvalue weighted by Crippen LogP contribution is 2.27. The fourth-order valence-electron chi connectivity index (χ4n) is 3.02. The number of anilines is 1. The Kier molecular flexibility index (Phi) is 3.44. The molecule has 1 saturated heterocycles. The summed E-state index contributed by atoms with van der Waals surface area (Å²) in [6.45, 7) is 3.69. The van der Waals surface area contributed by atoms with Crippen molar-refractivity contribution in [3.05, 3.63) is 29.3 Å². The quantitative estimate of drug-likeness (QED) is 0.664. The van der Waals surface area contributed by atoms with Gasteiger partial charge in [-0.1, -0.05) is 6.07 Å². The van der Waals surface area contributed by atoms with Crippen LogP contribution in [0.3, 0.4) is 0 Å². The second-order valence-corrected chi connectivity index (χ2v) is 5.43. The largest absolute Gasteiger partial charge is 0.398 e. The van der Waals surface area contributed by atoms with Gasteiger partial charge in [-0.15, -0.1) is 0 Å². The Hall–Kier alpha value is -1.88. The highest BCUT2D eigenvalue weighted by atomic mass is 16.2. The summed E-state index contributed by atoms with van der Waals surface area (Å²) in [4.78, 5) is 28.2. The van der Waals surface area contributed by atoms with Gasteiger partial charge in [0.1, 0.15) is 0 Å². The van der Waals surface area contributed by atoms with E-state index < -0.39 is 0 Å². The molecule has 0 spiro atoms. The minimum atomic E-state index is -0.246. The number of carbonyl (C=O) groups excluding carboxylic acids is 2. The lowest BCUT2D eigenvalue weighted by atomic mass is 10.1. The first-order valence-electron chi connectivity index (χ1n) is 7.15. The molecule has 3 rings (SSSR count). The lowest BCUT2D eigenvalue weighted by molar-refractivity contribution is 0.0649. The average Bonchev–Trinajstić information content (AvgIpc) is 3.02. The molecule has 2 N–H and O–H groups in total. The number of amides is 2. The van der Waals surface area contributed by atoms with E-state index in [1.807, 2.05) is 0 Å². The molecule has 2 heterocycles. The zero-order chi connectivity index (χ0) is 14.1. The van der Waals surface area contributed by atoms with Crippen LogP contribution in [0.25, 0.3) is 0 Å². The molecule has 0 radical (unpaired) electrons. The Bertz CT molecular complexity index is 550. The molecule has 0 atom stereocenters. The average molecular weight is 273 g/mol. The maximum Gasteiger partial charge on any atom is 0.263 e. The molecule has 1 aromatic carbocycles. The second kappa shape index (κ2) is 5.25. The van der Waals surface area contributed by atoms with E-state index in [9.17, 15) is 9.59 Å². The van der Waals surface area contributed by atoms with Crippen LogP contribution in [0.15, 0.2) is 18.2 Å². The van der Waals surface area contributed by atoms with Crippen molar-refractivity contribution in [2.75, 3.05) is 31.9 Å². The van der Waals surface area contributed by atoms with Crippen LogP contribution in [-0.2, 0) is 0 Å². The summed E-state index contributed by atoms with van der Waals surface area (Å²) >= 11 is 0. The number of nitrogens with zero attached hydrogens (tertiary/aromatic N) is 2. The summed E-state index contributed by atoms with van der Waals surface area (Å²) < 4.78 is 0. The normalized spacial score (nSPS) is 18.9. The van der Waals surface area contributed by atoms with Crippen molar-refractivity contribution in [1.82, 2.24) is 9.80 Å². The van der Waals surface area contributed by atoms with E-state index in [0.29, 0.717) is 23.4 Å². The minimum Gasteiger partial charge on any atom is -0.398 e. The molecule has 2 aliphatic heterocycles. The van der Waals surface area contributed by atoms with Gasteiger partial charge in [0.15, 0.2) is 0 Å². The van der Waals surface area contributed by atoms with Crippen LogP contribution in [0.2, 0.25) is 0 Å². The minimum absolute atomic E-state index is 0.210. The Balaban J connectivity index is 1.65. The van der Waals surface area contributed by atoms with E-state index in [1.165, 1.54) is 17.7 Å². The van der Waals surface area contributed by atoms with E-state index in [0.717, 1.165) is 26.1 Å². The van der Waals surface area contributed by atoms with Gasteiger partial charge in [0.2, 0.25) is 0 Å². The maximum absolute atomic E-state index is 12.3. The molecule has 20 heavy (non-hydrogen) atoms. The molecular formula is C15H19N3O2. The van der Waals surface area contributed by atoms with Gasteiger partial charge in [-0.05, 0) is 51.0 Å². The molecule has 5 heteroatoms. The molecule has 1 fully saturated rings. The smallest absolute Gasteiger partial charge is 0.263 e. The zero-order valence-electron chi connectivity index (χ0n) is 11.5. The van der Waals surface area contributed by atoms with Crippen molar-refractivity contribution >= 4 is 17.5 Å². The number of likely N-dealkylation sites (tertiary alicyclic amines) is 1. The van der Waals surface area contributed by atoms with Crippen molar-refractivity contribution in [1.29, 1.82) is 0 Å².